The molecule has 1 aliphatic rings. The Bertz CT molecular complexity index is 925. The smallest absolute Gasteiger partial charge is 0.255 e. The highest BCUT2D eigenvalue weighted by molar-refractivity contribution is 5.97. The fourth-order valence-electron chi connectivity index (χ4n) is 3.80. The Morgan fingerprint density at radius 1 is 1.30 bits per heavy atom. The van der Waals surface area contributed by atoms with Crippen molar-refractivity contribution in [1.29, 1.82) is 0 Å². The molecule has 2 aromatic carbocycles. The largest absolute Gasteiger partial charge is 0.493 e. The Morgan fingerprint density at radius 2 is 2.03 bits per heavy atom. The number of allylic oxidation sites excluding steroid dienone is 1. The Labute approximate surface area is 177 Å². The van der Waals surface area contributed by atoms with Crippen molar-refractivity contribution in [3.8, 4) is 5.75 Å². The third-order valence-corrected chi connectivity index (χ3v) is 5.58. The first-order valence-corrected chi connectivity index (χ1v) is 10.3. The zero-order chi connectivity index (χ0) is 21.7. The monoisotopic (exact) mass is 412 g/mol. The minimum absolute atomic E-state index is 0.0628. The quantitative estimate of drug-likeness (QED) is 0.633. The summed E-state index contributed by atoms with van der Waals surface area (Å²) in [4.78, 5) is 12.9. The lowest BCUT2D eigenvalue weighted by molar-refractivity contribution is 0.0869. The topological polar surface area (TPSA) is 70.6 Å². The van der Waals surface area contributed by atoms with E-state index in [0.717, 1.165) is 23.2 Å². The lowest BCUT2D eigenvalue weighted by Gasteiger charge is -2.19. The van der Waals surface area contributed by atoms with Gasteiger partial charge in [-0.05, 0) is 80.6 Å². The van der Waals surface area contributed by atoms with E-state index in [2.05, 4.69) is 10.6 Å². The average molecular weight is 413 g/mol. The molecule has 1 amide bonds. The van der Waals surface area contributed by atoms with Gasteiger partial charge in [0, 0.05) is 5.69 Å². The van der Waals surface area contributed by atoms with Crippen LogP contribution in [0.25, 0.3) is 0 Å². The van der Waals surface area contributed by atoms with E-state index in [4.69, 9.17) is 4.74 Å². The van der Waals surface area contributed by atoms with Gasteiger partial charge in [-0.25, -0.2) is 4.39 Å². The zero-order valence-electron chi connectivity index (χ0n) is 17.7. The number of ether oxygens (including phenoxy) is 1. The van der Waals surface area contributed by atoms with Crippen molar-refractivity contribution in [3.63, 3.8) is 0 Å². The Kier molecular flexibility index (Phi) is 7.11. The van der Waals surface area contributed by atoms with Gasteiger partial charge in [0.25, 0.3) is 5.91 Å². The molecule has 0 aromatic heterocycles. The van der Waals surface area contributed by atoms with Gasteiger partial charge in [-0.1, -0.05) is 18.2 Å². The van der Waals surface area contributed by atoms with Crippen LogP contribution in [0.3, 0.4) is 0 Å². The maximum Gasteiger partial charge on any atom is 0.255 e. The van der Waals surface area contributed by atoms with Crippen LogP contribution in [0.15, 0.2) is 42.6 Å². The number of hydrogen-bond acceptors (Lipinski definition) is 4. The summed E-state index contributed by atoms with van der Waals surface area (Å²) in [7, 11) is 1.36. The van der Waals surface area contributed by atoms with Gasteiger partial charge in [0.15, 0.2) is 11.6 Å². The highest BCUT2D eigenvalue weighted by atomic mass is 19.1. The molecule has 2 atom stereocenters. The van der Waals surface area contributed by atoms with E-state index in [0.29, 0.717) is 24.8 Å². The molecular weight excluding hydrogens is 383 g/mol. The molecule has 3 rings (SSSR count). The normalized spacial score (nSPS) is 18.6. The van der Waals surface area contributed by atoms with Gasteiger partial charge < -0.3 is 20.5 Å². The van der Waals surface area contributed by atoms with Crippen LogP contribution in [0.1, 0.15) is 53.2 Å². The maximum absolute atomic E-state index is 15.0. The number of carbonyl (C=O) groups is 1. The first-order valence-electron chi connectivity index (χ1n) is 10.3. The molecule has 5 nitrogen and oxygen atoms in total. The van der Waals surface area contributed by atoms with Crippen molar-refractivity contribution in [3.05, 3.63) is 70.7 Å². The fourth-order valence-corrected chi connectivity index (χ4v) is 3.80. The SMILES string of the molecule is C/C=C\Nc1ccc(Cc2cc(C(=O)NC3CCC[C@@H]3O)c(OC)c(F)c2C)cc1. The summed E-state index contributed by atoms with van der Waals surface area (Å²) in [6.07, 6.45) is 5.92. The number of aliphatic hydroxyl groups excluding tert-OH is 1. The van der Waals surface area contributed by atoms with Crippen molar-refractivity contribution in [2.75, 3.05) is 12.4 Å². The van der Waals surface area contributed by atoms with Crippen LogP contribution in [0, 0.1) is 12.7 Å². The van der Waals surface area contributed by atoms with Gasteiger partial charge in [-0.15, -0.1) is 0 Å². The number of rotatable bonds is 7. The molecule has 1 saturated carbocycles. The van der Waals surface area contributed by atoms with Crippen molar-refractivity contribution < 1.29 is 19.0 Å². The number of anilines is 1. The van der Waals surface area contributed by atoms with E-state index in [1.165, 1.54) is 7.11 Å². The molecule has 0 aliphatic heterocycles. The van der Waals surface area contributed by atoms with Gasteiger partial charge in [0.1, 0.15) is 0 Å². The number of benzene rings is 2. The lowest BCUT2D eigenvalue weighted by Crippen LogP contribution is -2.40. The number of nitrogens with one attached hydrogen (secondary N) is 2. The number of halogens is 1. The fraction of sp³-hybridized carbons (Fsp3) is 0.375. The number of amides is 1. The highest BCUT2D eigenvalue weighted by Gasteiger charge is 2.29. The second-order valence-corrected chi connectivity index (χ2v) is 7.65. The third kappa shape index (κ3) is 4.82. The number of hydrogen-bond donors (Lipinski definition) is 3. The van der Waals surface area contributed by atoms with E-state index >= 15 is 4.39 Å². The Hall–Kier alpha value is -2.86. The Balaban J connectivity index is 1.86. The molecular formula is C24H29FN2O3. The van der Waals surface area contributed by atoms with Crippen molar-refractivity contribution in [1.82, 2.24) is 5.32 Å². The second kappa shape index (κ2) is 9.76. The molecule has 0 bridgehead atoms. The molecule has 6 heteroatoms. The minimum atomic E-state index is -0.565. The molecule has 0 spiro atoms. The predicted molar refractivity (Wildman–Crippen MR) is 116 cm³/mol. The maximum atomic E-state index is 15.0. The van der Waals surface area contributed by atoms with Gasteiger partial charge >= 0.3 is 0 Å². The van der Waals surface area contributed by atoms with Crippen LogP contribution in [0.4, 0.5) is 10.1 Å². The zero-order valence-corrected chi connectivity index (χ0v) is 17.7. The van der Waals surface area contributed by atoms with Crippen LogP contribution < -0.4 is 15.4 Å². The van der Waals surface area contributed by atoms with Crippen LogP contribution in [0.2, 0.25) is 0 Å². The van der Waals surface area contributed by atoms with Gasteiger partial charge in [-0.2, -0.15) is 0 Å². The molecule has 1 fully saturated rings. The van der Waals surface area contributed by atoms with E-state index in [9.17, 15) is 9.90 Å². The average Bonchev–Trinajstić information content (AvgIpc) is 3.15. The number of carbonyl (C=O) groups excluding carboxylic acids is 1. The van der Waals surface area contributed by atoms with Gasteiger partial charge in [0.05, 0.1) is 24.8 Å². The number of aliphatic hydroxyl groups is 1. The highest BCUT2D eigenvalue weighted by Crippen LogP contribution is 2.30. The molecule has 30 heavy (non-hydrogen) atoms. The summed E-state index contributed by atoms with van der Waals surface area (Å²) in [5.74, 6) is -1.02. The molecule has 3 N–H and O–H groups in total. The molecule has 1 aliphatic carbocycles. The lowest BCUT2D eigenvalue weighted by atomic mass is 9.96. The molecule has 0 saturated heterocycles. The van der Waals surface area contributed by atoms with Crippen LogP contribution in [-0.4, -0.2) is 30.3 Å². The van der Waals surface area contributed by atoms with Crippen LogP contribution in [0.5, 0.6) is 5.75 Å². The molecule has 1 unspecified atom stereocenters. The van der Waals surface area contributed by atoms with Crippen LogP contribution >= 0.6 is 0 Å². The van der Waals surface area contributed by atoms with E-state index in [1.807, 2.05) is 43.5 Å². The summed E-state index contributed by atoms with van der Waals surface area (Å²) < 4.78 is 20.2. The summed E-state index contributed by atoms with van der Waals surface area (Å²) in [6, 6.07) is 9.25. The summed E-state index contributed by atoms with van der Waals surface area (Å²) >= 11 is 0. The van der Waals surface area contributed by atoms with Gasteiger partial charge in [-0.3, -0.25) is 4.79 Å². The van der Waals surface area contributed by atoms with Crippen LogP contribution in [-0.2, 0) is 6.42 Å². The first-order chi connectivity index (χ1) is 14.4. The summed E-state index contributed by atoms with van der Waals surface area (Å²) in [6.45, 7) is 3.63. The minimum Gasteiger partial charge on any atom is -0.493 e. The van der Waals surface area contributed by atoms with Crippen molar-refractivity contribution in [2.24, 2.45) is 0 Å². The molecule has 0 heterocycles. The Morgan fingerprint density at radius 3 is 2.63 bits per heavy atom. The van der Waals surface area contributed by atoms with Gasteiger partial charge in [0.2, 0.25) is 0 Å². The second-order valence-electron chi connectivity index (χ2n) is 7.65. The summed E-state index contributed by atoms with van der Waals surface area (Å²) in [5, 5.41) is 16.0. The number of methoxy groups -OCH3 is 1. The van der Waals surface area contributed by atoms with E-state index in [-0.39, 0.29) is 17.4 Å². The van der Waals surface area contributed by atoms with E-state index < -0.39 is 17.8 Å². The predicted octanol–water partition coefficient (Wildman–Crippen LogP) is 4.32. The molecule has 160 valence electrons. The summed E-state index contributed by atoms with van der Waals surface area (Å²) in [5.41, 5.74) is 3.30. The third-order valence-electron chi connectivity index (χ3n) is 5.58. The first kappa shape index (κ1) is 21.8. The van der Waals surface area contributed by atoms with E-state index in [1.54, 1.807) is 13.0 Å². The molecule has 2 aromatic rings. The molecule has 0 radical (unpaired) electrons. The standard InChI is InChI=1S/C24H29FN2O3/c1-4-12-26-18-10-8-16(9-11-18)13-17-14-19(23(30-3)22(25)15(17)2)24(29)27-20-6-5-7-21(20)28/h4,8-12,14,20-21,26,28H,5-7,13H2,1-3H3,(H,27,29)/b12-4-/t20?,21-/m0/s1. The van der Waals surface area contributed by atoms with Crippen molar-refractivity contribution in [2.45, 2.75) is 51.7 Å². The van der Waals surface area contributed by atoms with Crippen molar-refractivity contribution >= 4 is 11.6 Å².